The number of amides is 1. The highest BCUT2D eigenvalue weighted by molar-refractivity contribution is 6.07. The van der Waals surface area contributed by atoms with Crippen molar-refractivity contribution in [3.63, 3.8) is 0 Å². The second-order valence-electron chi connectivity index (χ2n) is 6.65. The number of aryl methyl sites for hydroxylation is 1. The number of unbranched alkanes of at least 4 members (excludes halogenated alkanes) is 2. The molecular formula is C23H23NO3. The largest absolute Gasteiger partial charge is 0.478 e. The first kappa shape index (κ1) is 18.6. The second-order valence-corrected chi connectivity index (χ2v) is 6.65. The van der Waals surface area contributed by atoms with Crippen LogP contribution in [-0.2, 0) is 6.42 Å². The summed E-state index contributed by atoms with van der Waals surface area (Å²) in [5.74, 6) is -1.19. The molecule has 0 saturated carbocycles. The average molecular weight is 361 g/mol. The van der Waals surface area contributed by atoms with Crippen LogP contribution in [-0.4, -0.2) is 17.0 Å². The zero-order chi connectivity index (χ0) is 19.2. The molecule has 1 amide bonds. The summed E-state index contributed by atoms with van der Waals surface area (Å²) in [7, 11) is 0. The number of carbonyl (C=O) groups is 2. The van der Waals surface area contributed by atoms with Crippen molar-refractivity contribution in [3.05, 3.63) is 77.4 Å². The van der Waals surface area contributed by atoms with Gasteiger partial charge >= 0.3 is 5.97 Å². The Bertz CT molecular complexity index is 961. The van der Waals surface area contributed by atoms with Crippen molar-refractivity contribution in [2.75, 3.05) is 5.32 Å². The van der Waals surface area contributed by atoms with Crippen molar-refractivity contribution in [2.45, 2.75) is 32.6 Å². The number of hydrogen-bond donors (Lipinski definition) is 2. The monoisotopic (exact) mass is 361 g/mol. The highest BCUT2D eigenvalue weighted by Gasteiger charge is 2.10. The van der Waals surface area contributed by atoms with Gasteiger partial charge in [0.15, 0.2) is 0 Å². The first-order chi connectivity index (χ1) is 13.1. The Balaban J connectivity index is 1.81. The molecule has 0 heterocycles. The van der Waals surface area contributed by atoms with E-state index in [0.717, 1.165) is 23.6 Å². The van der Waals surface area contributed by atoms with Gasteiger partial charge in [-0.2, -0.15) is 0 Å². The Labute approximate surface area is 158 Å². The molecule has 0 atom stereocenters. The standard InChI is InChI=1S/C23H23NO3/c1-2-3-4-6-16-7-5-8-17-9-10-19(15-21(16)17)22(25)24-20-13-11-18(12-14-20)23(26)27/h5,7-15H,2-4,6H2,1H3,(H,24,25)(H,26,27). The fourth-order valence-electron chi connectivity index (χ4n) is 3.16. The van der Waals surface area contributed by atoms with Gasteiger partial charge in [0.1, 0.15) is 0 Å². The van der Waals surface area contributed by atoms with Gasteiger partial charge in [-0.3, -0.25) is 4.79 Å². The molecule has 0 unspecified atom stereocenters. The fraction of sp³-hybridized carbons (Fsp3) is 0.217. The Kier molecular flexibility index (Phi) is 5.87. The summed E-state index contributed by atoms with van der Waals surface area (Å²) in [6.07, 6.45) is 4.52. The molecule has 0 aliphatic carbocycles. The van der Waals surface area contributed by atoms with E-state index in [0.29, 0.717) is 11.3 Å². The van der Waals surface area contributed by atoms with Crippen LogP contribution < -0.4 is 5.32 Å². The van der Waals surface area contributed by atoms with Gasteiger partial charge in [-0.25, -0.2) is 4.79 Å². The number of carbonyl (C=O) groups excluding carboxylic acids is 1. The number of nitrogens with one attached hydrogen (secondary N) is 1. The first-order valence-corrected chi connectivity index (χ1v) is 9.25. The van der Waals surface area contributed by atoms with Crippen LogP contribution in [0.25, 0.3) is 10.8 Å². The molecule has 3 rings (SSSR count). The SMILES string of the molecule is CCCCCc1cccc2ccc(C(=O)Nc3ccc(C(=O)O)cc3)cc12. The Morgan fingerprint density at radius 1 is 0.926 bits per heavy atom. The van der Waals surface area contributed by atoms with Crippen molar-refractivity contribution in [1.82, 2.24) is 0 Å². The predicted octanol–water partition coefficient (Wildman–Crippen LogP) is 5.52. The highest BCUT2D eigenvalue weighted by atomic mass is 16.4. The van der Waals surface area contributed by atoms with Crippen LogP contribution in [0.1, 0.15) is 52.5 Å². The van der Waals surface area contributed by atoms with E-state index in [9.17, 15) is 9.59 Å². The van der Waals surface area contributed by atoms with Crippen molar-refractivity contribution >= 4 is 28.3 Å². The normalized spacial score (nSPS) is 10.7. The van der Waals surface area contributed by atoms with Gasteiger partial charge in [0.2, 0.25) is 0 Å². The number of aromatic carboxylic acids is 1. The maximum atomic E-state index is 12.6. The van der Waals surface area contributed by atoms with Crippen molar-refractivity contribution in [2.24, 2.45) is 0 Å². The Hall–Kier alpha value is -3.14. The van der Waals surface area contributed by atoms with Gasteiger partial charge in [-0.1, -0.05) is 44.0 Å². The molecule has 0 aliphatic rings. The molecule has 0 saturated heterocycles. The van der Waals surface area contributed by atoms with Crippen molar-refractivity contribution in [1.29, 1.82) is 0 Å². The molecule has 0 aromatic heterocycles. The van der Waals surface area contributed by atoms with E-state index in [1.165, 1.54) is 30.5 Å². The quantitative estimate of drug-likeness (QED) is 0.544. The molecule has 0 radical (unpaired) electrons. The minimum absolute atomic E-state index is 0.190. The number of carboxylic acids is 1. The van der Waals surface area contributed by atoms with Crippen LogP contribution in [0.4, 0.5) is 5.69 Å². The molecule has 0 bridgehead atoms. The molecule has 138 valence electrons. The smallest absolute Gasteiger partial charge is 0.335 e. The number of benzene rings is 3. The van der Waals surface area contributed by atoms with E-state index in [2.05, 4.69) is 30.4 Å². The van der Waals surface area contributed by atoms with Crippen LogP contribution in [0, 0.1) is 0 Å². The first-order valence-electron chi connectivity index (χ1n) is 9.25. The highest BCUT2D eigenvalue weighted by Crippen LogP contribution is 2.23. The Morgan fingerprint density at radius 3 is 2.37 bits per heavy atom. The van der Waals surface area contributed by atoms with E-state index in [1.54, 1.807) is 12.1 Å². The lowest BCUT2D eigenvalue weighted by Crippen LogP contribution is -2.12. The van der Waals surface area contributed by atoms with Crippen LogP contribution in [0.2, 0.25) is 0 Å². The number of carboxylic acid groups (broad SMARTS) is 1. The van der Waals surface area contributed by atoms with Crippen LogP contribution >= 0.6 is 0 Å². The lowest BCUT2D eigenvalue weighted by Gasteiger charge is -2.10. The fourth-order valence-corrected chi connectivity index (χ4v) is 3.16. The van der Waals surface area contributed by atoms with Crippen LogP contribution in [0.5, 0.6) is 0 Å². The van der Waals surface area contributed by atoms with Gasteiger partial charge < -0.3 is 10.4 Å². The minimum atomic E-state index is -0.988. The lowest BCUT2D eigenvalue weighted by atomic mass is 9.98. The summed E-state index contributed by atoms with van der Waals surface area (Å²) in [4.78, 5) is 23.5. The molecular weight excluding hydrogens is 338 g/mol. The van der Waals surface area contributed by atoms with E-state index in [4.69, 9.17) is 5.11 Å². The zero-order valence-electron chi connectivity index (χ0n) is 15.4. The molecule has 0 spiro atoms. The molecule has 0 aliphatic heterocycles. The summed E-state index contributed by atoms with van der Waals surface area (Å²) in [6, 6.07) is 18.1. The van der Waals surface area contributed by atoms with Gasteiger partial charge in [0, 0.05) is 11.3 Å². The second kappa shape index (κ2) is 8.49. The molecule has 4 heteroatoms. The molecule has 4 nitrogen and oxygen atoms in total. The third-order valence-corrected chi connectivity index (χ3v) is 4.67. The van der Waals surface area contributed by atoms with Gasteiger partial charge in [0.05, 0.1) is 5.56 Å². The maximum Gasteiger partial charge on any atom is 0.335 e. The summed E-state index contributed by atoms with van der Waals surface area (Å²) in [6.45, 7) is 2.19. The van der Waals surface area contributed by atoms with E-state index >= 15 is 0 Å². The molecule has 3 aromatic carbocycles. The number of fused-ring (bicyclic) bond motifs is 1. The van der Waals surface area contributed by atoms with Crippen molar-refractivity contribution < 1.29 is 14.7 Å². The molecule has 0 fully saturated rings. The van der Waals surface area contributed by atoms with Crippen LogP contribution in [0.3, 0.4) is 0 Å². The third-order valence-electron chi connectivity index (χ3n) is 4.67. The summed E-state index contributed by atoms with van der Waals surface area (Å²) in [5, 5.41) is 14.0. The van der Waals surface area contributed by atoms with Crippen LogP contribution in [0.15, 0.2) is 60.7 Å². The maximum absolute atomic E-state index is 12.6. The summed E-state index contributed by atoms with van der Waals surface area (Å²) >= 11 is 0. The van der Waals surface area contributed by atoms with E-state index in [1.807, 2.05) is 18.2 Å². The Morgan fingerprint density at radius 2 is 1.67 bits per heavy atom. The van der Waals surface area contributed by atoms with Gasteiger partial charge in [-0.15, -0.1) is 0 Å². The predicted molar refractivity (Wildman–Crippen MR) is 109 cm³/mol. The molecule has 27 heavy (non-hydrogen) atoms. The number of anilines is 1. The average Bonchev–Trinajstić information content (AvgIpc) is 2.68. The van der Waals surface area contributed by atoms with Crippen molar-refractivity contribution in [3.8, 4) is 0 Å². The number of hydrogen-bond acceptors (Lipinski definition) is 2. The third kappa shape index (κ3) is 4.53. The van der Waals surface area contributed by atoms with Gasteiger partial charge in [-0.05, 0) is 65.6 Å². The topological polar surface area (TPSA) is 66.4 Å². The number of rotatable bonds is 7. The summed E-state index contributed by atoms with van der Waals surface area (Å²) < 4.78 is 0. The van der Waals surface area contributed by atoms with E-state index < -0.39 is 5.97 Å². The van der Waals surface area contributed by atoms with E-state index in [-0.39, 0.29) is 11.5 Å². The van der Waals surface area contributed by atoms with Gasteiger partial charge in [0.25, 0.3) is 5.91 Å². The zero-order valence-corrected chi connectivity index (χ0v) is 15.4. The molecule has 3 aromatic rings. The minimum Gasteiger partial charge on any atom is -0.478 e. The summed E-state index contributed by atoms with van der Waals surface area (Å²) in [5.41, 5.74) is 2.62. The lowest BCUT2D eigenvalue weighted by molar-refractivity contribution is 0.0696. The molecule has 2 N–H and O–H groups in total.